The highest BCUT2D eigenvalue weighted by molar-refractivity contribution is 5.81. The summed E-state index contributed by atoms with van der Waals surface area (Å²) < 4.78 is 8.27. The number of amides is 1. The van der Waals surface area contributed by atoms with E-state index in [2.05, 4.69) is 50.1 Å². The van der Waals surface area contributed by atoms with Crippen LogP contribution < -0.4 is 4.74 Å². The second-order valence-electron chi connectivity index (χ2n) is 9.22. The van der Waals surface area contributed by atoms with Crippen LogP contribution in [0.1, 0.15) is 44.5 Å². The van der Waals surface area contributed by atoms with Crippen molar-refractivity contribution in [3.63, 3.8) is 0 Å². The quantitative estimate of drug-likeness (QED) is 0.513. The van der Waals surface area contributed by atoms with Gasteiger partial charge in [0.25, 0.3) is 0 Å². The van der Waals surface area contributed by atoms with E-state index in [9.17, 15) is 4.79 Å². The molecule has 0 radical (unpaired) electrons. The number of carbonyl (C=O) groups excluding carboxylic acids is 1. The highest BCUT2D eigenvalue weighted by Gasteiger charge is 2.33. The van der Waals surface area contributed by atoms with Gasteiger partial charge in [0, 0.05) is 25.4 Å². The van der Waals surface area contributed by atoms with Gasteiger partial charge in [-0.1, -0.05) is 51.1 Å². The first-order chi connectivity index (χ1) is 14.9. The Morgan fingerprint density at radius 1 is 1.16 bits per heavy atom. The lowest BCUT2D eigenvalue weighted by Crippen LogP contribution is -2.25. The van der Waals surface area contributed by atoms with Crippen molar-refractivity contribution in [1.29, 1.82) is 0 Å². The monoisotopic (exact) mass is 417 g/mol. The van der Waals surface area contributed by atoms with E-state index in [1.165, 1.54) is 5.56 Å². The zero-order valence-corrected chi connectivity index (χ0v) is 18.7. The number of ether oxygens (including phenoxy) is 1. The van der Waals surface area contributed by atoms with Crippen molar-refractivity contribution in [2.24, 2.45) is 0 Å². The number of carbonyl (C=O) groups is 1. The minimum Gasteiger partial charge on any atom is -0.492 e. The Morgan fingerprint density at radius 2 is 1.90 bits per heavy atom. The van der Waals surface area contributed by atoms with Crippen LogP contribution in [0.2, 0.25) is 0 Å². The van der Waals surface area contributed by atoms with Gasteiger partial charge in [-0.25, -0.2) is 4.98 Å². The largest absolute Gasteiger partial charge is 0.492 e. The van der Waals surface area contributed by atoms with E-state index in [1.54, 1.807) is 6.08 Å². The zero-order valence-electron chi connectivity index (χ0n) is 18.7. The molecule has 1 unspecified atom stereocenters. The van der Waals surface area contributed by atoms with Crippen LogP contribution in [0, 0.1) is 0 Å². The first kappa shape index (κ1) is 21.2. The number of imidazole rings is 1. The van der Waals surface area contributed by atoms with Gasteiger partial charge in [-0.2, -0.15) is 0 Å². The summed E-state index contributed by atoms with van der Waals surface area (Å²) >= 11 is 0. The van der Waals surface area contributed by atoms with Crippen molar-refractivity contribution in [1.82, 2.24) is 14.5 Å². The molecule has 0 spiro atoms. The maximum absolute atomic E-state index is 12.4. The van der Waals surface area contributed by atoms with Crippen LogP contribution in [0.5, 0.6) is 5.75 Å². The van der Waals surface area contributed by atoms with Crippen LogP contribution in [0.4, 0.5) is 0 Å². The number of para-hydroxylation sites is 2. The third kappa shape index (κ3) is 4.50. The van der Waals surface area contributed by atoms with Gasteiger partial charge in [-0.15, -0.1) is 6.58 Å². The van der Waals surface area contributed by atoms with Crippen LogP contribution in [0.15, 0.2) is 61.2 Å². The number of likely N-dealkylation sites (tertiary alicyclic amines) is 1. The van der Waals surface area contributed by atoms with E-state index in [0.29, 0.717) is 32.7 Å². The first-order valence-electron chi connectivity index (χ1n) is 10.9. The molecular formula is C26H31N3O2. The van der Waals surface area contributed by atoms with E-state index in [4.69, 9.17) is 9.72 Å². The molecule has 1 aliphatic heterocycles. The van der Waals surface area contributed by atoms with Crippen LogP contribution in [0.25, 0.3) is 11.0 Å². The van der Waals surface area contributed by atoms with Gasteiger partial charge in [0.2, 0.25) is 5.91 Å². The topological polar surface area (TPSA) is 47.4 Å². The molecule has 1 saturated heterocycles. The fourth-order valence-electron chi connectivity index (χ4n) is 4.22. The molecule has 1 aliphatic rings. The van der Waals surface area contributed by atoms with Crippen LogP contribution in [-0.4, -0.2) is 40.1 Å². The van der Waals surface area contributed by atoms with Gasteiger partial charge in [0.05, 0.1) is 17.6 Å². The van der Waals surface area contributed by atoms with Gasteiger partial charge in [0.15, 0.2) is 0 Å². The van der Waals surface area contributed by atoms with Gasteiger partial charge < -0.3 is 14.2 Å². The molecule has 5 heteroatoms. The Morgan fingerprint density at radius 3 is 2.61 bits per heavy atom. The molecule has 0 N–H and O–H groups in total. The van der Waals surface area contributed by atoms with Gasteiger partial charge in [-0.05, 0) is 35.2 Å². The highest BCUT2D eigenvalue weighted by atomic mass is 16.5. The number of fused-ring (bicyclic) bond motifs is 1. The van der Waals surface area contributed by atoms with E-state index < -0.39 is 0 Å². The van der Waals surface area contributed by atoms with Gasteiger partial charge in [0.1, 0.15) is 18.2 Å². The van der Waals surface area contributed by atoms with Crippen molar-refractivity contribution in [2.45, 2.75) is 45.1 Å². The molecule has 0 bridgehead atoms. The summed E-state index contributed by atoms with van der Waals surface area (Å²) in [5, 5.41) is 0. The summed E-state index contributed by atoms with van der Waals surface area (Å²) in [6.45, 7) is 12.9. The Bertz CT molecular complexity index is 1080. The Labute approximate surface area is 184 Å². The predicted octanol–water partition coefficient (Wildman–Crippen LogP) is 4.91. The molecule has 1 fully saturated rings. The van der Waals surface area contributed by atoms with E-state index in [1.807, 2.05) is 35.2 Å². The highest BCUT2D eigenvalue weighted by Crippen LogP contribution is 2.30. The third-order valence-corrected chi connectivity index (χ3v) is 5.92. The molecule has 31 heavy (non-hydrogen) atoms. The summed E-state index contributed by atoms with van der Waals surface area (Å²) in [4.78, 5) is 19.1. The molecule has 2 heterocycles. The van der Waals surface area contributed by atoms with Crippen molar-refractivity contribution >= 4 is 16.9 Å². The lowest BCUT2D eigenvalue weighted by molar-refractivity contribution is -0.127. The lowest BCUT2D eigenvalue weighted by Gasteiger charge is -2.19. The summed E-state index contributed by atoms with van der Waals surface area (Å²) in [5.41, 5.74) is 3.46. The molecule has 3 aromatic rings. The zero-order chi connectivity index (χ0) is 22.0. The maximum Gasteiger partial charge on any atom is 0.223 e. The average molecular weight is 418 g/mol. The fraction of sp³-hybridized carbons (Fsp3) is 0.385. The van der Waals surface area contributed by atoms with Crippen LogP contribution in [-0.2, 0) is 16.8 Å². The van der Waals surface area contributed by atoms with Crippen LogP contribution >= 0.6 is 0 Å². The molecule has 1 atom stereocenters. The molecular weight excluding hydrogens is 386 g/mol. The molecule has 0 saturated carbocycles. The van der Waals surface area contributed by atoms with Crippen molar-refractivity contribution in [3.8, 4) is 5.75 Å². The number of hydrogen-bond acceptors (Lipinski definition) is 3. The van der Waals surface area contributed by atoms with E-state index in [0.717, 1.165) is 22.6 Å². The number of nitrogens with zero attached hydrogens (tertiary/aromatic N) is 3. The molecule has 162 valence electrons. The Kier molecular flexibility index (Phi) is 5.86. The molecule has 2 aromatic carbocycles. The average Bonchev–Trinajstić information content (AvgIpc) is 3.29. The number of aromatic nitrogens is 2. The molecule has 1 amide bonds. The Hall–Kier alpha value is -3.08. The van der Waals surface area contributed by atoms with Crippen molar-refractivity contribution in [2.75, 3.05) is 19.7 Å². The standard InChI is InChI=1S/C26H31N3O2/c1-5-14-28-18-19(17-24(28)30)25-27-22-8-6-7-9-23(22)29(25)15-16-31-21-12-10-20(11-13-21)26(2,3)4/h5-13,19H,1,14-18H2,2-4H3. The lowest BCUT2D eigenvalue weighted by atomic mass is 9.87. The molecule has 1 aromatic heterocycles. The second-order valence-corrected chi connectivity index (χ2v) is 9.22. The maximum atomic E-state index is 12.4. The summed E-state index contributed by atoms with van der Waals surface area (Å²) in [6.07, 6.45) is 2.27. The number of rotatable bonds is 7. The predicted molar refractivity (Wildman–Crippen MR) is 125 cm³/mol. The van der Waals surface area contributed by atoms with Crippen LogP contribution in [0.3, 0.4) is 0 Å². The number of benzene rings is 2. The van der Waals surface area contributed by atoms with Crippen molar-refractivity contribution < 1.29 is 9.53 Å². The molecule has 5 nitrogen and oxygen atoms in total. The van der Waals surface area contributed by atoms with Gasteiger partial charge in [-0.3, -0.25) is 4.79 Å². The summed E-state index contributed by atoms with van der Waals surface area (Å²) in [7, 11) is 0. The van der Waals surface area contributed by atoms with Gasteiger partial charge >= 0.3 is 0 Å². The SMILES string of the molecule is C=CCN1CC(c2nc3ccccc3n2CCOc2ccc(C(C)(C)C)cc2)CC1=O. The normalized spacial score (nSPS) is 16.8. The third-order valence-electron chi connectivity index (χ3n) is 5.92. The molecule has 4 rings (SSSR count). The molecule has 0 aliphatic carbocycles. The smallest absolute Gasteiger partial charge is 0.223 e. The minimum absolute atomic E-state index is 0.0888. The summed E-state index contributed by atoms with van der Waals surface area (Å²) in [6, 6.07) is 16.5. The first-order valence-corrected chi connectivity index (χ1v) is 10.9. The van der Waals surface area contributed by atoms with E-state index >= 15 is 0 Å². The second kappa shape index (κ2) is 8.58. The fourth-order valence-corrected chi connectivity index (χ4v) is 4.22. The minimum atomic E-state index is 0.0888. The number of hydrogen-bond donors (Lipinski definition) is 0. The summed E-state index contributed by atoms with van der Waals surface area (Å²) in [5.74, 6) is 2.09. The van der Waals surface area contributed by atoms with E-state index in [-0.39, 0.29) is 17.2 Å². The van der Waals surface area contributed by atoms with Crippen molar-refractivity contribution in [3.05, 3.63) is 72.6 Å². The Balaban J connectivity index is 1.51.